The smallest absolute Gasteiger partial charge is 0.231 e. The Bertz CT molecular complexity index is 1280. The molecule has 0 saturated heterocycles. The van der Waals surface area contributed by atoms with Crippen LogP contribution in [0.4, 0.5) is 0 Å². The minimum absolute atomic E-state index is 0. The van der Waals surface area contributed by atoms with Gasteiger partial charge in [0.15, 0.2) is 35.4 Å². The van der Waals surface area contributed by atoms with Crippen molar-refractivity contribution in [3.63, 3.8) is 0 Å². The first-order valence-electron chi connectivity index (χ1n) is 10.9. The molecule has 0 radical (unpaired) electrons. The van der Waals surface area contributed by atoms with E-state index in [0.29, 0.717) is 30.4 Å². The average molecular weight is 496 g/mol. The van der Waals surface area contributed by atoms with Crippen molar-refractivity contribution in [3.8, 4) is 28.7 Å². The predicted octanol–water partition coefficient (Wildman–Crippen LogP) is 4.00. The molecule has 0 spiro atoms. The summed E-state index contributed by atoms with van der Waals surface area (Å²) < 4.78 is 24.0. The number of benzene rings is 3. The van der Waals surface area contributed by atoms with Gasteiger partial charge in [0, 0.05) is 13.1 Å². The van der Waals surface area contributed by atoms with Crippen LogP contribution in [0.1, 0.15) is 22.5 Å². The Balaban J connectivity index is 0.00000289. The number of aryl methyl sites for hydroxylation is 1. The predicted molar refractivity (Wildman–Crippen MR) is 132 cm³/mol. The van der Waals surface area contributed by atoms with Gasteiger partial charge in [0.25, 0.3) is 0 Å². The third kappa shape index (κ3) is 5.64. The number of halogens is 1. The maximum Gasteiger partial charge on any atom is 0.231 e. The van der Waals surface area contributed by atoms with Gasteiger partial charge in [0.1, 0.15) is 0 Å². The molecular weight excluding hydrogens is 470 g/mol. The van der Waals surface area contributed by atoms with Gasteiger partial charge in [-0.05, 0) is 64.9 Å². The van der Waals surface area contributed by atoms with Crippen LogP contribution in [0.25, 0.3) is 5.69 Å². The van der Waals surface area contributed by atoms with Gasteiger partial charge in [-0.1, -0.05) is 29.8 Å². The summed E-state index contributed by atoms with van der Waals surface area (Å²) in [6.45, 7) is 3.91. The molecule has 0 saturated carbocycles. The molecule has 2 heterocycles. The van der Waals surface area contributed by atoms with Crippen LogP contribution in [0.3, 0.4) is 0 Å². The van der Waals surface area contributed by atoms with Gasteiger partial charge in [-0.25, -0.2) is 0 Å². The fraction of sp³-hybridized carbons (Fsp3) is 0.240. The molecule has 0 amide bonds. The van der Waals surface area contributed by atoms with Gasteiger partial charge < -0.3 is 24.3 Å². The number of nitrogens with zero attached hydrogens (tertiary/aromatic N) is 4. The molecule has 182 valence electrons. The second kappa shape index (κ2) is 11.1. The van der Waals surface area contributed by atoms with Gasteiger partial charge >= 0.3 is 0 Å². The van der Waals surface area contributed by atoms with E-state index in [-0.39, 0.29) is 25.8 Å². The standard InChI is InChI=1S/C25H25N5O4.ClH/c1-17-3-7-20(8-4-17)30-25(27-28-29-30)15-32-21-9-5-18(11-23(21)31-2)13-26-14-19-6-10-22-24(12-19)34-16-33-22;/h3-12,26H,13-16H2,1-2H3;1H. The van der Waals surface area contributed by atoms with Crippen LogP contribution in [-0.2, 0) is 19.7 Å². The number of aromatic nitrogens is 4. The Morgan fingerprint density at radius 2 is 1.66 bits per heavy atom. The summed E-state index contributed by atoms with van der Waals surface area (Å²) >= 11 is 0. The van der Waals surface area contributed by atoms with Gasteiger partial charge in [0.2, 0.25) is 6.79 Å². The Hall–Kier alpha value is -3.82. The lowest BCUT2D eigenvalue weighted by Gasteiger charge is -2.13. The van der Waals surface area contributed by atoms with Gasteiger partial charge in [-0.15, -0.1) is 17.5 Å². The van der Waals surface area contributed by atoms with Crippen LogP contribution >= 0.6 is 12.4 Å². The quantitative estimate of drug-likeness (QED) is 0.372. The topological polar surface area (TPSA) is 92.6 Å². The number of methoxy groups -OCH3 is 1. The minimum atomic E-state index is 0. The van der Waals surface area contributed by atoms with E-state index >= 15 is 0 Å². The lowest BCUT2D eigenvalue weighted by molar-refractivity contribution is 0.174. The molecule has 9 nitrogen and oxygen atoms in total. The lowest BCUT2D eigenvalue weighted by Crippen LogP contribution is -2.13. The number of rotatable bonds is 9. The molecule has 1 aliphatic heterocycles. The fourth-order valence-corrected chi connectivity index (χ4v) is 3.67. The normalized spacial score (nSPS) is 11.7. The Kier molecular flexibility index (Phi) is 7.69. The van der Waals surface area contributed by atoms with Crippen molar-refractivity contribution in [1.29, 1.82) is 0 Å². The first-order valence-corrected chi connectivity index (χ1v) is 10.9. The molecule has 1 aromatic heterocycles. The van der Waals surface area contributed by atoms with Crippen LogP contribution in [0, 0.1) is 6.92 Å². The molecule has 3 aromatic carbocycles. The maximum atomic E-state index is 6.00. The second-order valence-corrected chi connectivity index (χ2v) is 7.91. The molecule has 0 fully saturated rings. The molecule has 0 bridgehead atoms. The molecule has 0 unspecified atom stereocenters. The third-order valence-electron chi connectivity index (χ3n) is 5.49. The van der Waals surface area contributed by atoms with Gasteiger partial charge in [-0.2, -0.15) is 4.68 Å². The highest BCUT2D eigenvalue weighted by atomic mass is 35.5. The molecular formula is C25H26ClN5O4. The van der Waals surface area contributed by atoms with E-state index < -0.39 is 0 Å². The van der Waals surface area contributed by atoms with E-state index in [1.807, 2.05) is 67.6 Å². The zero-order valence-corrected chi connectivity index (χ0v) is 20.2. The summed E-state index contributed by atoms with van der Waals surface area (Å²) in [4.78, 5) is 0. The lowest BCUT2D eigenvalue weighted by atomic mass is 10.1. The zero-order chi connectivity index (χ0) is 23.3. The van der Waals surface area contributed by atoms with Crippen LogP contribution in [0.2, 0.25) is 0 Å². The van der Waals surface area contributed by atoms with Crippen molar-refractivity contribution >= 4 is 12.4 Å². The molecule has 0 aliphatic carbocycles. The largest absolute Gasteiger partial charge is 0.493 e. The van der Waals surface area contributed by atoms with Crippen LogP contribution in [0.5, 0.6) is 23.0 Å². The number of nitrogens with one attached hydrogen (secondary N) is 1. The van der Waals surface area contributed by atoms with Crippen molar-refractivity contribution < 1.29 is 18.9 Å². The Morgan fingerprint density at radius 3 is 2.46 bits per heavy atom. The van der Waals surface area contributed by atoms with E-state index in [4.69, 9.17) is 18.9 Å². The molecule has 4 aromatic rings. The zero-order valence-electron chi connectivity index (χ0n) is 19.4. The number of hydrogen-bond donors (Lipinski definition) is 1. The van der Waals surface area contributed by atoms with E-state index in [9.17, 15) is 0 Å². The van der Waals surface area contributed by atoms with Crippen LogP contribution < -0.4 is 24.3 Å². The van der Waals surface area contributed by atoms with Crippen molar-refractivity contribution in [3.05, 3.63) is 83.2 Å². The summed E-state index contributed by atoms with van der Waals surface area (Å²) in [5.41, 5.74) is 4.26. The molecule has 35 heavy (non-hydrogen) atoms. The van der Waals surface area contributed by atoms with Gasteiger partial charge in [-0.3, -0.25) is 0 Å². The summed E-state index contributed by atoms with van der Waals surface area (Å²) in [7, 11) is 1.63. The van der Waals surface area contributed by atoms with Crippen LogP contribution in [0.15, 0.2) is 60.7 Å². The van der Waals surface area contributed by atoms with Crippen molar-refractivity contribution in [2.24, 2.45) is 0 Å². The van der Waals surface area contributed by atoms with Crippen molar-refractivity contribution in [2.45, 2.75) is 26.6 Å². The first-order chi connectivity index (χ1) is 16.7. The Labute approximate surface area is 209 Å². The highest BCUT2D eigenvalue weighted by Crippen LogP contribution is 2.32. The second-order valence-electron chi connectivity index (χ2n) is 7.91. The van der Waals surface area contributed by atoms with Gasteiger partial charge in [0.05, 0.1) is 12.8 Å². The highest BCUT2D eigenvalue weighted by Gasteiger charge is 2.14. The fourth-order valence-electron chi connectivity index (χ4n) is 3.67. The summed E-state index contributed by atoms with van der Waals surface area (Å²) in [6, 6.07) is 19.8. The maximum absolute atomic E-state index is 6.00. The number of tetrazole rings is 1. The molecule has 10 heteroatoms. The molecule has 1 aliphatic rings. The molecule has 0 atom stereocenters. The first kappa shape index (κ1) is 24.3. The van der Waals surface area contributed by atoms with Crippen LogP contribution in [-0.4, -0.2) is 34.1 Å². The molecule has 1 N–H and O–H groups in total. The Morgan fingerprint density at radius 1 is 0.914 bits per heavy atom. The minimum Gasteiger partial charge on any atom is -0.493 e. The van der Waals surface area contributed by atoms with E-state index in [0.717, 1.165) is 28.3 Å². The van der Waals surface area contributed by atoms with E-state index in [2.05, 4.69) is 20.8 Å². The molecule has 5 rings (SSSR count). The van der Waals surface area contributed by atoms with Crippen molar-refractivity contribution in [2.75, 3.05) is 13.9 Å². The number of hydrogen-bond acceptors (Lipinski definition) is 8. The highest BCUT2D eigenvalue weighted by molar-refractivity contribution is 5.85. The summed E-state index contributed by atoms with van der Waals surface area (Å²) in [6.07, 6.45) is 0. The number of fused-ring (bicyclic) bond motifs is 1. The van der Waals surface area contributed by atoms with E-state index in [1.165, 1.54) is 5.56 Å². The van der Waals surface area contributed by atoms with E-state index in [1.54, 1.807) is 11.8 Å². The third-order valence-corrected chi connectivity index (χ3v) is 5.49. The average Bonchev–Trinajstić information content (AvgIpc) is 3.53. The summed E-state index contributed by atoms with van der Waals surface area (Å²) in [5.74, 6) is 3.45. The summed E-state index contributed by atoms with van der Waals surface area (Å²) in [5, 5.41) is 15.4. The monoisotopic (exact) mass is 495 g/mol. The SMILES string of the molecule is COc1cc(CNCc2ccc3c(c2)OCO3)ccc1OCc1nnnn1-c1ccc(C)cc1.Cl. The van der Waals surface area contributed by atoms with Crippen molar-refractivity contribution in [1.82, 2.24) is 25.5 Å². The number of ether oxygens (including phenoxy) is 4.